The zero-order valence-electron chi connectivity index (χ0n) is 11.1. The fraction of sp³-hybridized carbons (Fsp3) is 0.467. The maximum Gasteiger partial charge on any atom is 0.143 e. The number of nitrogens with zero attached hydrogens (tertiary/aromatic N) is 2. The zero-order chi connectivity index (χ0) is 13.5. The van der Waals surface area contributed by atoms with E-state index in [4.69, 9.17) is 4.98 Å². The molecule has 0 amide bonds. The topological polar surface area (TPSA) is 37.8 Å². The van der Waals surface area contributed by atoms with Crippen molar-refractivity contribution in [3.8, 4) is 10.7 Å². The molecule has 5 heteroatoms. The molecule has 0 bridgehead atoms. The molecule has 0 saturated heterocycles. The van der Waals surface area contributed by atoms with Gasteiger partial charge >= 0.3 is 0 Å². The Labute approximate surface area is 131 Å². The third-order valence-electron chi connectivity index (χ3n) is 3.78. The molecule has 0 unspecified atom stereocenters. The highest BCUT2D eigenvalue weighted by atomic mass is 79.9. The Kier molecular flexibility index (Phi) is 3.36. The van der Waals surface area contributed by atoms with Crippen LogP contribution in [0.15, 0.2) is 22.8 Å². The Balaban J connectivity index is 1.66. The van der Waals surface area contributed by atoms with Gasteiger partial charge in [0.15, 0.2) is 0 Å². The largest absolute Gasteiger partial charge is 0.309 e. The summed E-state index contributed by atoms with van der Waals surface area (Å²) in [5.74, 6) is 0.693. The van der Waals surface area contributed by atoms with Crippen molar-refractivity contribution >= 4 is 27.3 Å². The Morgan fingerprint density at radius 1 is 1.30 bits per heavy atom. The van der Waals surface area contributed by atoms with Crippen LogP contribution >= 0.6 is 27.3 Å². The fourth-order valence-corrected chi connectivity index (χ4v) is 4.02. The van der Waals surface area contributed by atoms with Crippen molar-refractivity contribution in [3.63, 3.8) is 0 Å². The third-order valence-corrected chi connectivity index (χ3v) is 5.50. The molecule has 2 aliphatic carbocycles. The first-order valence-corrected chi connectivity index (χ1v) is 8.76. The molecule has 0 aliphatic heterocycles. The van der Waals surface area contributed by atoms with Gasteiger partial charge in [0.05, 0.1) is 5.69 Å². The van der Waals surface area contributed by atoms with Gasteiger partial charge in [0.1, 0.15) is 10.7 Å². The summed E-state index contributed by atoms with van der Waals surface area (Å²) in [5, 5.41) is 4.66. The Morgan fingerprint density at radius 3 is 2.85 bits per heavy atom. The van der Waals surface area contributed by atoms with Crippen LogP contribution in [0, 0.1) is 0 Å². The molecule has 20 heavy (non-hydrogen) atoms. The number of pyridine rings is 1. The molecule has 1 N–H and O–H groups in total. The van der Waals surface area contributed by atoms with E-state index in [2.05, 4.69) is 26.2 Å². The van der Waals surface area contributed by atoms with Gasteiger partial charge < -0.3 is 5.32 Å². The first-order chi connectivity index (χ1) is 9.81. The van der Waals surface area contributed by atoms with E-state index in [0.29, 0.717) is 5.92 Å². The van der Waals surface area contributed by atoms with Crippen molar-refractivity contribution in [1.29, 1.82) is 0 Å². The van der Waals surface area contributed by atoms with Crippen molar-refractivity contribution in [2.24, 2.45) is 0 Å². The number of aromatic nitrogens is 2. The van der Waals surface area contributed by atoms with E-state index in [1.165, 1.54) is 36.3 Å². The third kappa shape index (κ3) is 2.67. The Bertz CT molecular complexity index is 632. The molecule has 0 spiro atoms. The van der Waals surface area contributed by atoms with Gasteiger partial charge in [-0.15, -0.1) is 11.3 Å². The van der Waals surface area contributed by atoms with Crippen LogP contribution in [-0.2, 0) is 6.54 Å². The molecule has 2 aromatic heterocycles. The number of nitrogens with one attached hydrogen (secondary N) is 1. The molecule has 2 aromatic rings. The summed E-state index contributed by atoms with van der Waals surface area (Å²) >= 11 is 5.38. The van der Waals surface area contributed by atoms with Gasteiger partial charge in [0.2, 0.25) is 0 Å². The van der Waals surface area contributed by atoms with E-state index in [-0.39, 0.29) is 0 Å². The monoisotopic (exact) mass is 349 g/mol. The van der Waals surface area contributed by atoms with Gasteiger partial charge in [0.25, 0.3) is 0 Å². The van der Waals surface area contributed by atoms with Gasteiger partial charge in [-0.3, -0.25) is 4.98 Å². The second-order valence-electron chi connectivity index (χ2n) is 5.59. The number of rotatable bonds is 5. The molecule has 104 valence electrons. The smallest absolute Gasteiger partial charge is 0.143 e. The lowest BCUT2D eigenvalue weighted by Gasteiger charge is -2.01. The molecule has 2 aliphatic rings. The fourth-order valence-electron chi connectivity index (χ4n) is 2.33. The van der Waals surface area contributed by atoms with E-state index in [1.54, 1.807) is 11.3 Å². The minimum absolute atomic E-state index is 0.693. The van der Waals surface area contributed by atoms with Crippen LogP contribution in [0.1, 0.15) is 42.2 Å². The van der Waals surface area contributed by atoms with Crippen molar-refractivity contribution in [1.82, 2.24) is 15.3 Å². The standard InChI is InChI=1S/C15H16BrN3S/c16-11-2-1-7-17-14(11)15-19-13(9-3-4-9)12(20-15)8-18-10-5-6-10/h1-2,7,9-10,18H,3-6,8H2. The van der Waals surface area contributed by atoms with E-state index in [1.807, 2.05) is 18.3 Å². The highest BCUT2D eigenvalue weighted by Crippen LogP contribution is 2.44. The van der Waals surface area contributed by atoms with Crippen molar-refractivity contribution in [2.75, 3.05) is 0 Å². The van der Waals surface area contributed by atoms with Gasteiger partial charge in [-0.1, -0.05) is 0 Å². The minimum atomic E-state index is 0.693. The van der Waals surface area contributed by atoms with Crippen molar-refractivity contribution in [2.45, 2.75) is 44.2 Å². The van der Waals surface area contributed by atoms with Gasteiger partial charge in [-0.25, -0.2) is 4.98 Å². The molecule has 2 fully saturated rings. The van der Waals surface area contributed by atoms with E-state index in [0.717, 1.165) is 27.8 Å². The van der Waals surface area contributed by atoms with E-state index < -0.39 is 0 Å². The molecule has 4 rings (SSSR count). The van der Waals surface area contributed by atoms with Crippen molar-refractivity contribution < 1.29 is 0 Å². The Morgan fingerprint density at radius 2 is 2.15 bits per heavy atom. The quantitative estimate of drug-likeness (QED) is 0.882. The van der Waals surface area contributed by atoms with Gasteiger partial charge in [-0.05, 0) is 53.7 Å². The maximum atomic E-state index is 4.89. The van der Waals surface area contributed by atoms with Crippen LogP contribution in [0.25, 0.3) is 10.7 Å². The number of hydrogen-bond acceptors (Lipinski definition) is 4. The summed E-state index contributed by atoms with van der Waals surface area (Å²) in [6.45, 7) is 0.971. The predicted molar refractivity (Wildman–Crippen MR) is 84.9 cm³/mol. The summed E-state index contributed by atoms with van der Waals surface area (Å²) in [6, 6.07) is 4.72. The van der Waals surface area contributed by atoms with Crippen LogP contribution in [0.4, 0.5) is 0 Å². The van der Waals surface area contributed by atoms with Crippen LogP contribution in [-0.4, -0.2) is 16.0 Å². The number of halogens is 1. The second-order valence-corrected chi connectivity index (χ2v) is 7.53. The first-order valence-electron chi connectivity index (χ1n) is 7.15. The lowest BCUT2D eigenvalue weighted by molar-refractivity contribution is 0.688. The Hall–Kier alpha value is -0.780. The van der Waals surface area contributed by atoms with Crippen LogP contribution in [0.2, 0.25) is 0 Å². The molecular weight excluding hydrogens is 334 g/mol. The first kappa shape index (κ1) is 12.9. The summed E-state index contributed by atoms with van der Waals surface area (Å²) in [4.78, 5) is 10.8. The summed E-state index contributed by atoms with van der Waals surface area (Å²) in [5.41, 5.74) is 2.28. The molecule has 0 aromatic carbocycles. The van der Waals surface area contributed by atoms with Crippen molar-refractivity contribution in [3.05, 3.63) is 33.4 Å². The predicted octanol–water partition coefficient (Wildman–Crippen LogP) is 4.10. The summed E-state index contributed by atoms with van der Waals surface area (Å²) in [6.07, 6.45) is 7.08. The molecule has 0 atom stereocenters. The van der Waals surface area contributed by atoms with E-state index >= 15 is 0 Å². The average Bonchev–Trinajstić information content (AvgIpc) is 3.36. The van der Waals surface area contributed by atoms with E-state index in [9.17, 15) is 0 Å². The summed E-state index contributed by atoms with van der Waals surface area (Å²) in [7, 11) is 0. The molecule has 2 heterocycles. The lowest BCUT2D eigenvalue weighted by Crippen LogP contribution is -2.15. The normalized spacial score (nSPS) is 18.4. The van der Waals surface area contributed by atoms with Gasteiger partial charge in [0, 0.05) is 34.1 Å². The minimum Gasteiger partial charge on any atom is -0.309 e. The molecule has 3 nitrogen and oxygen atoms in total. The molecule has 0 radical (unpaired) electrons. The van der Waals surface area contributed by atoms with Gasteiger partial charge in [-0.2, -0.15) is 0 Å². The average molecular weight is 350 g/mol. The zero-order valence-corrected chi connectivity index (χ0v) is 13.5. The lowest BCUT2D eigenvalue weighted by atomic mass is 10.2. The maximum absolute atomic E-state index is 4.89. The van der Waals surface area contributed by atoms with Crippen LogP contribution < -0.4 is 5.32 Å². The SMILES string of the molecule is Brc1cccnc1-c1nc(C2CC2)c(CNC2CC2)s1. The molecular formula is C15H16BrN3S. The highest BCUT2D eigenvalue weighted by molar-refractivity contribution is 9.10. The highest BCUT2D eigenvalue weighted by Gasteiger charge is 2.31. The van der Waals surface area contributed by atoms with Crippen LogP contribution in [0.3, 0.4) is 0 Å². The molecule has 2 saturated carbocycles. The number of thiazole rings is 1. The summed E-state index contributed by atoms with van der Waals surface area (Å²) < 4.78 is 1.03. The number of hydrogen-bond donors (Lipinski definition) is 1. The van der Waals surface area contributed by atoms with Crippen LogP contribution in [0.5, 0.6) is 0 Å². The second kappa shape index (κ2) is 5.20.